The van der Waals surface area contributed by atoms with E-state index in [1.807, 2.05) is 23.1 Å². The molecule has 3 rings (SSSR count). The minimum Gasteiger partial charge on any atom is -0.465 e. The number of ether oxygens (including phenoxy) is 1. The molecule has 3 N–H and O–H groups in total. The molecule has 2 aromatic rings. The average molecular weight is 396 g/mol. The topological polar surface area (TPSA) is 99.8 Å². The summed E-state index contributed by atoms with van der Waals surface area (Å²) in [5.74, 6) is -1.17. The van der Waals surface area contributed by atoms with Crippen LogP contribution >= 0.6 is 0 Å². The van der Waals surface area contributed by atoms with Gasteiger partial charge in [-0.05, 0) is 36.6 Å². The summed E-state index contributed by atoms with van der Waals surface area (Å²) in [4.78, 5) is 38.1. The summed E-state index contributed by atoms with van der Waals surface area (Å²) in [6, 6.07) is 14.6. The van der Waals surface area contributed by atoms with Crippen LogP contribution in [0, 0.1) is 0 Å². The molecule has 29 heavy (non-hydrogen) atoms. The second-order valence-corrected chi connectivity index (χ2v) is 6.64. The molecule has 8 nitrogen and oxygen atoms in total. The van der Waals surface area contributed by atoms with Crippen LogP contribution in [-0.2, 0) is 20.7 Å². The number of anilines is 2. The number of hydrogen-bond donors (Lipinski definition) is 3. The molecule has 0 atom stereocenters. The van der Waals surface area contributed by atoms with Crippen LogP contribution in [0.1, 0.15) is 22.3 Å². The predicted molar refractivity (Wildman–Crippen MR) is 110 cm³/mol. The first-order chi connectivity index (χ1) is 14.1. The molecular weight excluding hydrogens is 372 g/mol. The molecule has 0 bridgehead atoms. The number of rotatable bonds is 7. The smallest absolute Gasteiger partial charge is 0.339 e. The Balaban J connectivity index is 1.47. The molecule has 1 aliphatic rings. The van der Waals surface area contributed by atoms with Crippen LogP contribution in [0.4, 0.5) is 11.4 Å². The lowest BCUT2D eigenvalue weighted by molar-refractivity contribution is -0.121. The number of methoxy groups -OCH3 is 1. The Morgan fingerprint density at radius 1 is 1.03 bits per heavy atom. The summed E-state index contributed by atoms with van der Waals surface area (Å²) < 4.78 is 4.70. The lowest BCUT2D eigenvalue weighted by atomic mass is 10.0. The van der Waals surface area contributed by atoms with Gasteiger partial charge in [0.15, 0.2) is 0 Å². The molecule has 0 aromatic heterocycles. The highest BCUT2D eigenvalue weighted by Gasteiger charge is 2.18. The second-order valence-electron chi connectivity index (χ2n) is 6.64. The standard InChI is InChI=1S/C21H24N4O4/c1-29-21(28)16-9-3-4-10-17(16)23-19(26)13-22-24-20(27)14-25-12-6-8-15-7-2-5-11-18(15)25/h2-5,7,9-11,22H,6,8,12-14H2,1H3,(H,23,26)(H,24,27). The van der Waals surface area contributed by atoms with E-state index >= 15 is 0 Å². The van der Waals surface area contributed by atoms with Crippen molar-refractivity contribution >= 4 is 29.2 Å². The van der Waals surface area contributed by atoms with Gasteiger partial charge in [0.2, 0.25) is 5.91 Å². The maximum absolute atomic E-state index is 12.2. The summed E-state index contributed by atoms with van der Waals surface area (Å²) >= 11 is 0. The van der Waals surface area contributed by atoms with Gasteiger partial charge in [-0.15, -0.1) is 0 Å². The van der Waals surface area contributed by atoms with Crippen LogP contribution in [0.5, 0.6) is 0 Å². The molecule has 152 valence electrons. The average Bonchev–Trinajstić information content (AvgIpc) is 2.74. The number of carbonyl (C=O) groups is 3. The Labute approximate surface area is 169 Å². The highest BCUT2D eigenvalue weighted by atomic mass is 16.5. The highest BCUT2D eigenvalue weighted by Crippen LogP contribution is 2.26. The number of benzene rings is 2. The van der Waals surface area contributed by atoms with Gasteiger partial charge >= 0.3 is 5.97 Å². The van der Waals surface area contributed by atoms with E-state index in [-0.39, 0.29) is 24.6 Å². The fraction of sp³-hybridized carbons (Fsp3) is 0.286. The third-order valence-electron chi connectivity index (χ3n) is 4.62. The van der Waals surface area contributed by atoms with Gasteiger partial charge in [-0.2, -0.15) is 0 Å². The Kier molecular flexibility index (Phi) is 6.80. The first kappa shape index (κ1) is 20.3. The van der Waals surface area contributed by atoms with Crippen LogP contribution in [0.25, 0.3) is 0 Å². The minimum absolute atomic E-state index is 0.141. The molecule has 0 spiro atoms. The number of para-hydroxylation sites is 2. The summed E-state index contributed by atoms with van der Waals surface area (Å²) in [5, 5.41) is 2.63. The summed E-state index contributed by atoms with van der Waals surface area (Å²) in [7, 11) is 1.28. The Morgan fingerprint density at radius 2 is 1.79 bits per heavy atom. The van der Waals surface area contributed by atoms with Crippen molar-refractivity contribution in [3.05, 3.63) is 59.7 Å². The number of nitrogens with one attached hydrogen (secondary N) is 3. The molecule has 0 radical (unpaired) electrons. The van der Waals surface area contributed by atoms with Gasteiger partial charge in [-0.25, -0.2) is 10.2 Å². The zero-order valence-electron chi connectivity index (χ0n) is 16.2. The molecule has 0 fully saturated rings. The zero-order valence-corrected chi connectivity index (χ0v) is 16.2. The summed E-state index contributed by atoms with van der Waals surface area (Å²) in [5.41, 5.74) is 8.09. The summed E-state index contributed by atoms with van der Waals surface area (Å²) in [6.07, 6.45) is 2.01. The van der Waals surface area contributed by atoms with E-state index in [4.69, 9.17) is 4.74 Å². The first-order valence-electron chi connectivity index (χ1n) is 9.40. The molecule has 0 saturated heterocycles. The minimum atomic E-state index is -0.538. The van der Waals surface area contributed by atoms with Crippen LogP contribution in [0.2, 0.25) is 0 Å². The van der Waals surface area contributed by atoms with Gasteiger partial charge in [0.05, 0.1) is 31.5 Å². The van der Waals surface area contributed by atoms with E-state index in [2.05, 4.69) is 22.2 Å². The van der Waals surface area contributed by atoms with Gasteiger partial charge in [-0.3, -0.25) is 15.0 Å². The van der Waals surface area contributed by atoms with Crippen molar-refractivity contribution in [3.63, 3.8) is 0 Å². The van der Waals surface area contributed by atoms with Crippen molar-refractivity contribution in [2.45, 2.75) is 12.8 Å². The first-order valence-corrected chi connectivity index (χ1v) is 9.40. The van der Waals surface area contributed by atoms with Crippen molar-refractivity contribution < 1.29 is 19.1 Å². The maximum Gasteiger partial charge on any atom is 0.339 e. The van der Waals surface area contributed by atoms with Gasteiger partial charge in [0.25, 0.3) is 5.91 Å². The lowest BCUT2D eigenvalue weighted by Gasteiger charge is -2.30. The van der Waals surface area contributed by atoms with Gasteiger partial charge < -0.3 is 15.0 Å². The number of hydrazine groups is 1. The van der Waals surface area contributed by atoms with Crippen LogP contribution in [-0.4, -0.2) is 44.5 Å². The van der Waals surface area contributed by atoms with Gasteiger partial charge in [-0.1, -0.05) is 30.3 Å². The largest absolute Gasteiger partial charge is 0.465 e. The van der Waals surface area contributed by atoms with Crippen molar-refractivity contribution in [2.24, 2.45) is 0 Å². The number of hydrogen-bond acceptors (Lipinski definition) is 6. The van der Waals surface area contributed by atoms with Crippen LogP contribution < -0.4 is 21.1 Å². The van der Waals surface area contributed by atoms with E-state index in [1.54, 1.807) is 24.3 Å². The zero-order chi connectivity index (χ0) is 20.6. The Hall–Kier alpha value is -3.39. The van der Waals surface area contributed by atoms with Crippen molar-refractivity contribution in [1.82, 2.24) is 10.9 Å². The van der Waals surface area contributed by atoms with Crippen LogP contribution in [0.3, 0.4) is 0 Å². The fourth-order valence-electron chi connectivity index (χ4n) is 3.29. The number of amides is 2. The van der Waals surface area contributed by atoms with E-state index in [9.17, 15) is 14.4 Å². The molecule has 1 heterocycles. The fourth-order valence-corrected chi connectivity index (χ4v) is 3.29. The lowest BCUT2D eigenvalue weighted by Crippen LogP contribution is -2.47. The number of nitrogens with zero attached hydrogens (tertiary/aromatic N) is 1. The third-order valence-corrected chi connectivity index (χ3v) is 4.62. The quantitative estimate of drug-likeness (QED) is 0.484. The Morgan fingerprint density at radius 3 is 2.62 bits per heavy atom. The highest BCUT2D eigenvalue weighted by molar-refractivity contribution is 6.01. The molecule has 0 unspecified atom stereocenters. The van der Waals surface area contributed by atoms with Crippen molar-refractivity contribution in [2.75, 3.05) is 37.0 Å². The molecule has 1 aliphatic heterocycles. The third kappa shape index (κ3) is 5.32. The molecule has 0 saturated carbocycles. The van der Waals surface area contributed by atoms with E-state index in [1.165, 1.54) is 12.7 Å². The maximum atomic E-state index is 12.2. The molecule has 2 aromatic carbocycles. The van der Waals surface area contributed by atoms with Crippen molar-refractivity contribution in [1.29, 1.82) is 0 Å². The van der Waals surface area contributed by atoms with Gasteiger partial charge in [0, 0.05) is 12.2 Å². The predicted octanol–water partition coefficient (Wildman–Crippen LogP) is 1.49. The van der Waals surface area contributed by atoms with Crippen molar-refractivity contribution in [3.8, 4) is 0 Å². The SMILES string of the molecule is COC(=O)c1ccccc1NC(=O)CNNC(=O)CN1CCCc2ccccc21. The summed E-state index contributed by atoms with van der Waals surface area (Å²) in [6.45, 7) is 0.879. The number of fused-ring (bicyclic) bond motifs is 1. The van der Waals surface area contributed by atoms with Crippen LogP contribution in [0.15, 0.2) is 48.5 Å². The molecular formula is C21H24N4O4. The van der Waals surface area contributed by atoms with E-state index < -0.39 is 11.9 Å². The monoisotopic (exact) mass is 396 g/mol. The molecule has 2 amide bonds. The van der Waals surface area contributed by atoms with E-state index in [0.29, 0.717) is 5.69 Å². The number of esters is 1. The van der Waals surface area contributed by atoms with E-state index in [0.717, 1.165) is 25.1 Å². The Bertz CT molecular complexity index is 900. The molecule has 0 aliphatic carbocycles. The van der Waals surface area contributed by atoms with Gasteiger partial charge in [0.1, 0.15) is 0 Å². The second kappa shape index (κ2) is 9.70. The number of aryl methyl sites for hydroxylation is 1. The normalized spacial score (nSPS) is 12.7. The number of carbonyl (C=O) groups excluding carboxylic acids is 3. The molecule has 8 heteroatoms.